The summed E-state index contributed by atoms with van der Waals surface area (Å²) in [6.45, 7) is 6.80. The van der Waals surface area contributed by atoms with Gasteiger partial charge in [0.15, 0.2) is 0 Å². The number of nitrogens with one attached hydrogen (secondary N) is 1. The van der Waals surface area contributed by atoms with Gasteiger partial charge in [-0.3, -0.25) is 0 Å². The molecule has 2 nitrogen and oxygen atoms in total. The van der Waals surface area contributed by atoms with Crippen molar-refractivity contribution in [3.63, 3.8) is 0 Å². The minimum absolute atomic E-state index is 0.529. The highest BCUT2D eigenvalue weighted by atomic mass is 32.1. The highest BCUT2D eigenvalue weighted by Gasteiger charge is 2.16. The molecule has 3 rings (SSSR count). The van der Waals surface area contributed by atoms with Crippen LogP contribution in [0.5, 0.6) is 0 Å². The van der Waals surface area contributed by atoms with Crippen molar-refractivity contribution in [3.8, 4) is 0 Å². The maximum atomic E-state index is 4.88. The van der Waals surface area contributed by atoms with E-state index in [1.165, 1.54) is 46.6 Å². The summed E-state index contributed by atoms with van der Waals surface area (Å²) in [6.07, 6.45) is 3.84. The summed E-state index contributed by atoms with van der Waals surface area (Å²) in [5, 5.41) is 4.78. The fourth-order valence-electron chi connectivity index (χ4n) is 2.84. The topological polar surface area (TPSA) is 24.9 Å². The molecule has 1 unspecified atom stereocenters. The van der Waals surface area contributed by atoms with E-state index < -0.39 is 0 Å². The van der Waals surface area contributed by atoms with Crippen molar-refractivity contribution in [1.29, 1.82) is 0 Å². The average Bonchev–Trinajstić information content (AvgIpc) is 2.85. The van der Waals surface area contributed by atoms with E-state index in [4.69, 9.17) is 4.98 Å². The van der Waals surface area contributed by atoms with E-state index in [0.717, 1.165) is 12.5 Å². The van der Waals surface area contributed by atoms with Gasteiger partial charge >= 0.3 is 0 Å². The number of nitrogens with zero attached hydrogens (tertiary/aromatic N) is 1. The first-order chi connectivity index (χ1) is 9.24. The normalized spacial score (nSPS) is 20.3. The lowest BCUT2D eigenvalue weighted by atomic mass is 9.92. The molecule has 1 aromatic carbocycles. The van der Waals surface area contributed by atoms with E-state index in [0.29, 0.717) is 5.92 Å². The Morgan fingerprint density at radius 2 is 2.32 bits per heavy atom. The minimum atomic E-state index is 0.529. The molecule has 0 bridgehead atoms. The molecule has 0 saturated carbocycles. The SMILES string of the molecule is CC(C)c1nc2c(CC3CCCNC3)cccc2s1. The molecule has 0 aliphatic carbocycles. The molecule has 0 spiro atoms. The van der Waals surface area contributed by atoms with Crippen molar-refractivity contribution < 1.29 is 0 Å². The summed E-state index contributed by atoms with van der Waals surface area (Å²) in [5.41, 5.74) is 2.69. The van der Waals surface area contributed by atoms with Crippen LogP contribution in [0, 0.1) is 5.92 Å². The van der Waals surface area contributed by atoms with E-state index in [-0.39, 0.29) is 0 Å². The van der Waals surface area contributed by atoms with Gasteiger partial charge in [-0.25, -0.2) is 4.98 Å². The number of hydrogen-bond acceptors (Lipinski definition) is 3. The average molecular weight is 274 g/mol. The standard InChI is InChI=1S/C16H22N2S/c1-11(2)16-18-15-13(6-3-7-14(15)19-16)9-12-5-4-8-17-10-12/h3,6-7,11-12,17H,4-5,8-10H2,1-2H3. The molecule has 1 fully saturated rings. The number of rotatable bonds is 3. The maximum Gasteiger partial charge on any atom is 0.0964 e. The van der Waals surface area contributed by atoms with Crippen LogP contribution in [-0.2, 0) is 6.42 Å². The third-order valence-corrected chi connectivity index (χ3v) is 5.24. The number of thiazole rings is 1. The highest BCUT2D eigenvalue weighted by Crippen LogP contribution is 2.30. The number of benzene rings is 1. The van der Waals surface area contributed by atoms with E-state index in [9.17, 15) is 0 Å². The molecule has 0 amide bonds. The monoisotopic (exact) mass is 274 g/mol. The van der Waals surface area contributed by atoms with Crippen molar-refractivity contribution in [1.82, 2.24) is 10.3 Å². The third-order valence-electron chi connectivity index (χ3n) is 3.92. The van der Waals surface area contributed by atoms with Gasteiger partial charge in [0.25, 0.3) is 0 Å². The van der Waals surface area contributed by atoms with Crippen molar-refractivity contribution in [2.24, 2.45) is 5.92 Å². The Morgan fingerprint density at radius 3 is 3.05 bits per heavy atom. The van der Waals surface area contributed by atoms with Gasteiger partial charge in [0, 0.05) is 5.92 Å². The van der Waals surface area contributed by atoms with Gasteiger partial charge in [0.2, 0.25) is 0 Å². The maximum absolute atomic E-state index is 4.88. The lowest BCUT2D eigenvalue weighted by Gasteiger charge is -2.22. The van der Waals surface area contributed by atoms with Gasteiger partial charge in [-0.1, -0.05) is 26.0 Å². The summed E-state index contributed by atoms with van der Waals surface area (Å²) in [7, 11) is 0. The van der Waals surface area contributed by atoms with Gasteiger partial charge < -0.3 is 5.32 Å². The van der Waals surface area contributed by atoms with Crippen molar-refractivity contribution in [3.05, 3.63) is 28.8 Å². The van der Waals surface area contributed by atoms with Crippen molar-refractivity contribution >= 4 is 21.6 Å². The summed E-state index contributed by atoms with van der Waals surface area (Å²) < 4.78 is 1.35. The van der Waals surface area contributed by atoms with Crippen LogP contribution in [0.4, 0.5) is 0 Å². The Bertz CT molecular complexity index is 553. The van der Waals surface area contributed by atoms with E-state index in [2.05, 4.69) is 37.4 Å². The Labute approximate surface area is 119 Å². The fourth-order valence-corrected chi connectivity index (χ4v) is 3.86. The Hall–Kier alpha value is -0.930. The number of aromatic nitrogens is 1. The Balaban J connectivity index is 1.89. The molecule has 102 valence electrons. The molecule has 1 aliphatic heterocycles. The molecule has 19 heavy (non-hydrogen) atoms. The number of piperidine rings is 1. The molecule has 1 N–H and O–H groups in total. The first kappa shape index (κ1) is 13.1. The van der Waals surface area contributed by atoms with Gasteiger partial charge in [-0.05, 0) is 49.9 Å². The largest absolute Gasteiger partial charge is 0.316 e. The van der Waals surface area contributed by atoms with Crippen LogP contribution >= 0.6 is 11.3 Å². The summed E-state index contributed by atoms with van der Waals surface area (Å²) in [4.78, 5) is 4.88. The molecule has 2 aromatic rings. The van der Waals surface area contributed by atoms with Crippen LogP contribution in [0.2, 0.25) is 0 Å². The number of hydrogen-bond donors (Lipinski definition) is 1. The van der Waals surface area contributed by atoms with Gasteiger partial charge in [-0.15, -0.1) is 11.3 Å². The van der Waals surface area contributed by atoms with Crippen LogP contribution in [0.1, 0.15) is 43.2 Å². The van der Waals surface area contributed by atoms with Crippen LogP contribution in [-0.4, -0.2) is 18.1 Å². The van der Waals surface area contributed by atoms with E-state index >= 15 is 0 Å². The zero-order chi connectivity index (χ0) is 13.2. The summed E-state index contributed by atoms with van der Waals surface area (Å²) >= 11 is 1.85. The summed E-state index contributed by atoms with van der Waals surface area (Å²) in [5.74, 6) is 1.31. The lowest BCUT2D eigenvalue weighted by molar-refractivity contribution is 0.376. The van der Waals surface area contributed by atoms with Gasteiger partial charge in [-0.2, -0.15) is 0 Å². The molecular weight excluding hydrogens is 252 g/mol. The predicted octanol–water partition coefficient (Wildman–Crippen LogP) is 3.96. The highest BCUT2D eigenvalue weighted by molar-refractivity contribution is 7.18. The molecule has 0 radical (unpaired) electrons. The Morgan fingerprint density at radius 1 is 1.42 bits per heavy atom. The quantitative estimate of drug-likeness (QED) is 0.916. The second-order valence-electron chi connectivity index (χ2n) is 5.89. The molecule has 1 saturated heterocycles. The first-order valence-electron chi connectivity index (χ1n) is 7.33. The zero-order valence-corrected chi connectivity index (χ0v) is 12.6. The van der Waals surface area contributed by atoms with Crippen molar-refractivity contribution in [2.75, 3.05) is 13.1 Å². The third kappa shape index (κ3) is 2.82. The molecule has 3 heteroatoms. The minimum Gasteiger partial charge on any atom is -0.316 e. The predicted molar refractivity (Wildman–Crippen MR) is 83.0 cm³/mol. The number of para-hydroxylation sites is 1. The van der Waals surface area contributed by atoms with E-state index in [1.807, 2.05) is 11.3 Å². The van der Waals surface area contributed by atoms with Crippen LogP contribution < -0.4 is 5.32 Å². The van der Waals surface area contributed by atoms with Gasteiger partial charge in [0.05, 0.1) is 15.2 Å². The van der Waals surface area contributed by atoms with Crippen LogP contribution in [0.3, 0.4) is 0 Å². The van der Waals surface area contributed by atoms with Gasteiger partial charge in [0.1, 0.15) is 0 Å². The van der Waals surface area contributed by atoms with Crippen LogP contribution in [0.15, 0.2) is 18.2 Å². The second kappa shape index (κ2) is 5.59. The molecule has 1 aliphatic rings. The Kier molecular flexibility index (Phi) is 3.85. The number of fused-ring (bicyclic) bond motifs is 1. The lowest BCUT2D eigenvalue weighted by Crippen LogP contribution is -2.30. The fraction of sp³-hybridized carbons (Fsp3) is 0.562. The second-order valence-corrected chi connectivity index (χ2v) is 6.95. The zero-order valence-electron chi connectivity index (χ0n) is 11.8. The summed E-state index contributed by atoms with van der Waals surface area (Å²) in [6, 6.07) is 6.67. The molecule has 2 heterocycles. The smallest absolute Gasteiger partial charge is 0.0964 e. The molecule has 1 atom stereocenters. The van der Waals surface area contributed by atoms with Crippen molar-refractivity contribution in [2.45, 2.75) is 39.0 Å². The van der Waals surface area contributed by atoms with E-state index in [1.54, 1.807) is 0 Å². The van der Waals surface area contributed by atoms with Crippen LogP contribution in [0.25, 0.3) is 10.2 Å². The first-order valence-corrected chi connectivity index (χ1v) is 8.14. The molecular formula is C16H22N2S. The molecule has 1 aromatic heterocycles.